The minimum absolute atomic E-state index is 0.0713. The van der Waals surface area contributed by atoms with Crippen LogP contribution < -0.4 is 15.2 Å². The number of halogens is 1. The Hall–Kier alpha value is -3.24. The van der Waals surface area contributed by atoms with Gasteiger partial charge in [-0.15, -0.1) is 0 Å². The topological polar surface area (TPSA) is 61.4 Å². The van der Waals surface area contributed by atoms with Gasteiger partial charge in [-0.3, -0.25) is 0 Å². The Kier molecular flexibility index (Phi) is 5.16. The number of allylic oxidation sites excluding steroid dienone is 2. The maximum absolute atomic E-state index is 11.4. The number of anilines is 1. The van der Waals surface area contributed by atoms with Gasteiger partial charge in [-0.1, -0.05) is 66.2 Å². The maximum Gasteiger partial charge on any atom is 0.119 e. The third-order valence-corrected chi connectivity index (χ3v) is 6.44. The lowest BCUT2D eigenvalue weighted by Crippen LogP contribution is -2.30. The van der Waals surface area contributed by atoms with E-state index in [4.69, 9.17) is 16.3 Å². The summed E-state index contributed by atoms with van der Waals surface area (Å²) in [5.41, 5.74) is 4.11. The molecule has 0 amide bonds. The van der Waals surface area contributed by atoms with Gasteiger partial charge in [0.15, 0.2) is 0 Å². The van der Waals surface area contributed by atoms with Crippen LogP contribution in [-0.2, 0) is 6.61 Å². The first-order chi connectivity index (χ1) is 15.1. The van der Waals surface area contributed by atoms with Crippen LogP contribution in [-0.4, -0.2) is 5.97 Å². The fourth-order valence-corrected chi connectivity index (χ4v) is 4.90. The van der Waals surface area contributed by atoms with E-state index in [0.717, 1.165) is 34.5 Å². The molecule has 0 radical (unpaired) electrons. The first kappa shape index (κ1) is 19.7. The summed E-state index contributed by atoms with van der Waals surface area (Å²) in [6.45, 7) is 0.528. The van der Waals surface area contributed by atoms with Crippen molar-refractivity contribution in [3.05, 3.63) is 106 Å². The molecule has 4 nitrogen and oxygen atoms in total. The van der Waals surface area contributed by atoms with Crippen molar-refractivity contribution >= 4 is 23.3 Å². The van der Waals surface area contributed by atoms with Crippen LogP contribution in [0, 0.1) is 5.92 Å². The van der Waals surface area contributed by atoms with Crippen LogP contribution in [0.4, 0.5) is 5.69 Å². The second-order valence-electron chi connectivity index (χ2n) is 8.03. The van der Waals surface area contributed by atoms with Crippen molar-refractivity contribution in [2.45, 2.75) is 25.0 Å². The van der Waals surface area contributed by atoms with Crippen molar-refractivity contribution in [1.29, 1.82) is 0 Å². The maximum atomic E-state index is 11.4. The molecule has 5 rings (SSSR count). The number of benzene rings is 3. The molecule has 5 heteroatoms. The van der Waals surface area contributed by atoms with Crippen LogP contribution in [0.2, 0.25) is 5.02 Å². The Morgan fingerprint density at radius 1 is 1.10 bits per heavy atom. The van der Waals surface area contributed by atoms with Gasteiger partial charge in [-0.2, -0.15) is 0 Å². The number of aromatic carboxylic acids is 1. The Balaban J connectivity index is 1.39. The molecule has 156 valence electrons. The number of hydrogen-bond donors (Lipinski definition) is 1. The minimum Gasteiger partial charge on any atom is -0.545 e. The first-order valence-electron chi connectivity index (χ1n) is 10.3. The van der Waals surface area contributed by atoms with E-state index in [1.165, 1.54) is 6.07 Å². The number of carboxylic acid groups (broad SMARTS) is 1. The average molecular weight is 431 g/mol. The number of ether oxygens (including phenoxy) is 1. The van der Waals surface area contributed by atoms with Crippen molar-refractivity contribution in [3.63, 3.8) is 0 Å². The summed E-state index contributed by atoms with van der Waals surface area (Å²) in [6.07, 6.45) is 5.24. The quantitative estimate of drug-likeness (QED) is 0.571. The molecule has 0 spiro atoms. The summed E-state index contributed by atoms with van der Waals surface area (Å²) in [4.78, 5) is 11.4. The van der Waals surface area contributed by atoms with Gasteiger partial charge in [0.05, 0.1) is 22.7 Å². The molecule has 31 heavy (non-hydrogen) atoms. The molecular formula is C26H21ClNO3-. The monoisotopic (exact) mass is 430 g/mol. The van der Waals surface area contributed by atoms with Crippen molar-refractivity contribution < 1.29 is 14.6 Å². The van der Waals surface area contributed by atoms with Crippen molar-refractivity contribution in [2.24, 2.45) is 5.92 Å². The molecule has 1 heterocycles. The molecule has 0 saturated carbocycles. The van der Waals surface area contributed by atoms with Gasteiger partial charge < -0.3 is 20.0 Å². The third kappa shape index (κ3) is 3.79. The number of carbonyl (C=O) groups excluding carboxylic acids is 1. The molecule has 0 fully saturated rings. The van der Waals surface area contributed by atoms with Gasteiger partial charge in [0.25, 0.3) is 0 Å². The van der Waals surface area contributed by atoms with Gasteiger partial charge in [0.1, 0.15) is 12.4 Å². The zero-order valence-corrected chi connectivity index (χ0v) is 17.5. The molecule has 3 aromatic rings. The zero-order chi connectivity index (χ0) is 21.4. The van der Waals surface area contributed by atoms with E-state index in [0.29, 0.717) is 11.6 Å². The highest BCUT2D eigenvalue weighted by Gasteiger charge is 2.38. The molecule has 0 unspecified atom stereocenters. The van der Waals surface area contributed by atoms with E-state index in [1.807, 2.05) is 42.5 Å². The van der Waals surface area contributed by atoms with Crippen LogP contribution in [0.5, 0.6) is 5.75 Å². The van der Waals surface area contributed by atoms with Gasteiger partial charge in [0.2, 0.25) is 0 Å². The summed E-state index contributed by atoms with van der Waals surface area (Å²) in [5, 5.41) is 15.3. The highest BCUT2D eigenvalue weighted by Crippen LogP contribution is 2.51. The van der Waals surface area contributed by atoms with Gasteiger partial charge in [0, 0.05) is 5.92 Å². The third-order valence-electron chi connectivity index (χ3n) is 6.14. The number of rotatable bonds is 5. The van der Waals surface area contributed by atoms with Crippen LogP contribution in [0.3, 0.4) is 0 Å². The Labute approximate surface area is 186 Å². The Morgan fingerprint density at radius 3 is 2.61 bits per heavy atom. The molecule has 0 aromatic heterocycles. The van der Waals surface area contributed by atoms with Crippen LogP contribution in [0.25, 0.3) is 0 Å². The fraction of sp³-hybridized carbons (Fsp3) is 0.192. The van der Waals surface area contributed by atoms with E-state index >= 15 is 0 Å². The molecule has 3 atom stereocenters. The Morgan fingerprint density at radius 2 is 1.87 bits per heavy atom. The van der Waals surface area contributed by atoms with E-state index < -0.39 is 5.97 Å². The second kappa shape index (κ2) is 8.12. The molecule has 0 bridgehead atoms. The van der Waals surface area contributed by atoms with Crippen LogP contribution >= 0.6 is 11.6 Å². The highest BCUT2D eigenvalue weighted by atomic mass is 35.5. The molecule has 1 aliphatic heterocycles. The first-order valence-corrected chi connectivity index (χ1v) is 10.7. The van der Waals surface area contributed by atoms with Crippen molar-refractivity contribution in [1.82, 2.24) is 0 Å². The number of hydrogen-bond acceptors (Lipinski definition) is 4. The average Bonchev–Trinajstić information content (AvgIpc) is 3.29. The number of fused-ring (bicyclic) bond motifs is 3. The molecule has 0 saturated heterocycles. The summed E-state index contributed by atoms with van der Waals surface area (Å²) in [5.74, 6) is 0.0155. The van der Waals surface area contributed by atoms with Gasteiger partial charge in [-0.05, 0) is 58.9 Å². The summed E-state index contributed by atoms with van der Waals surface area (Å²) >= 11 is 6.46. The number of carbonyl (C=O) groups is 1. The zero-order valence-electron chi connectivity index (χ0n) is 16.8. The van der Waals surface area contributed by atoms with E-state index in [-0.39, 0.29) is 23.4 Å². The fourth-order valence-electron chi connectivity index (χ4n) is 4.62. The number of carboxylic acids is 1. The standard InChI is InChI=1S/C26H22ClNO3/c27-23-14-18(26(29)30)13-22-20-7-4-8-21(20)24(28-25(22)23)17-9-11-19(12-10-17)31-15-16-5-2-1-3-6-16/h1-7,9-14,20-21,24,28H,8,15H2,(H,29,30)/p-1/t20-,21-,24+/m0/s1. The highest BCUT2D eigenvalue weighted by molar-refractivity contribution is 6.33. The van der Waals surface area contributed by atoms with Crippen molar-refractivity contribution in [3.8, 4) is 5.75 Å². The van der Waals surface area contributed by atoms with E-state index in [2.05, 4.69) is 29.6 Å². The minimum atomic E-state index is -1.21. The van der Waals surface area contributed by atoms with Crippen molar-refractivity contribution in [2.75, 3.05) is 5.32 Å². The van der Waals surface area contributed by atoms with E-state index in [9.17, 15) is 9.90 Å². The number of nitrogens with one attached hydrogen (secondary N) is 1. The summed E-state index contributed by atoms with van der Waals surface area (Å²) in [7, 11) is 0. The molecule has 1 aliphatic carbocycles. The predicted octanol–water partition coefficient (Wildman–Crippen LogP) is 5.11. The SMILES string of the molecule is O=C([O-])c1cc(Cl)c2c(c1)[C@H]1C=CC[C@@H]1[C@@H](c1ccc(OCc3ccccc3)cc1)N2. The molecule has 2 aliphatic rings. The smallest absolute Gasteiger partial charge is 0.119 e. The molecule has 1 N–H and O–H groups in total. The Bertz CT molecular complexity index is 1140. The lowest BCUT2D eigenvalue weighted by Gasteiger charge is -2.38. The normalized spacial score (nSPS) is 21.1. The summed E-state index contributed by atoms with van der Waals surface area (Å²) < 4.78 is 5.92. The lowest BCUT2D eigenvalue weighted by atomic mass is 9.76. The lowest BCUT2D eigenvalue weighted by molar-refractivity contribution is -0.255. The predicted molar refractivity (Wildman–Crippen MR) is 119 cm³/mol. The van der Waals surface area contributed by atoms with Gasteiger partial charge >= 0.3 is 0 Å². The summed E-state index contributed by atoms with van der Waals surface area (Å²) in [6, 6.07) is 21.5. The van der Waals surface area contributed by atoms with E-state index in [1.54, 1.807) is 6.07 Å². The van der Waals surface area contributed by atoms with Crippen LogP contribution in [0.15, 0.2) is 78.9 Å². The van der Waals surface area contributed by atoms with Crippen LogP contribution in [0.1, 0.15) is 45.4 Å². The molecule has 3 aromatic carbocycles. The largest absolute Gasteiger partial charge is 0.545 e. The molecular weight excluding hydrogens is 410 g/mol. The van der Waals surface area contributed by atoms with Gasteiger partial charge in [-0.25, -0.2) is 0 Å². The second-order valence-corrected chi connectivity index (χ2v) is 8.44.